The van der Waals surface area contributed by atoms with E-state index in [0.29, 0.717) is 23.4 Å². The smallest absolute Gasteiger partial charge is 0.251 e. The average molecular weight is 354 g/mol. The number of nitrogens with one attached hydrogen (secondary N) is 4. The summed E-state index contributed by atoms with van der Waals surface area (Å²) in [6.45, 7) is 2.49. The predicted molar refractivity (Wildman–Crippen MR) is 101 cm³/mol. The molecule has 0 spiro atoms. The fourth-order valence-electron chi connectivity index (χ4n) is 2.27. The van der Waals surface area contributed by atoms with Crippen molar-refractivity contribution in [3.05, 3.63) is 59.7 Å². The van der Waals surface area contributed by atoms with Crippen LogP contribution < -0.4 is 21.3 Å². The van der Waals surface area contributed by atoms with Crippen molar-refractivity contribution in [2.75, 3.05) is 30.8 Å². The van der Waals surface area contributed by atoms with Crippen LogP contribution in [0.15, 0.2) is 48.5 Å². The molecular weight excluding hydrogens is 332 g/mol. The van der Waals surface area contributed by atoms with E-state index in [0.717, 1.165) is 5.69 Å². The molecule has 4 N–H and O–H groups in total. The van der Waals surface area contributed by atoms with Gasteiger partial charge in [0.15, 0.2) is 0 Å². The van der Waals surface area contributed by atoms with Gasteiger partial charge in [-0.15, -0.1) is 0 Å². The summed E-state index contributed by atoms with van der Waals surface area (Å²) in [5, 5.41) is 11.0. The second kappa shape index (κ2) is 9.22. The third kappa shape index (κ3) is 5.34. The summed E-state index contributed by atoms with van der Waals surface area (Å²) in [5.41, 5.74) is 2.31. The minimum absolute atomic E-state index is 0.0602. The number of anilines is 2. The number of hydrogen-bond donors (Lipinski definition) is 4. The molecule has 0 radical (unpaired) electrons. The van der Waals surface area contributed by atoms with Crippen LogP contribution in [-0.4, -0.2) is 37.9 Å². The van der Waals surface area contributed by atoms with Crippen LogP contribution in [0, 0.1) is 0 Å². The summed E-state index contributed by atoms with van der Waals surface area (Å²) in [6.07, 6.45) is 0. The van der Waals surface area contributed by atoms with E-state index in [4.69, 9.17) is 0 Å². The van der Waals surface area contributed by atoms with Crippen LogP contribution in [0.25, 0.3) is 0 Å². The molecule has 0 aliphatic rings. The van der Waals surface area contributed by atoms with E-state index in [9.17, 15) is 14.4 Å². The zero-order valence-corrected chi connectivity index (χ0v) is 14.8. The van der Waals surface area contributed by atoms with Crippen molar-refractivity contribution < 1.29 is 14.4 Å². The third-order valence-electron chi connectivity index (χ3n) is 3.57. The van der Waals surface area contributed by atoms with Gasteiger partial charge >= 0.3 is 0 Å². The van der Waals surface area contributed by atoms with Gasteiger partial charge in [-0.25, -0.2) is 0 Å². The largest absolute Gasteiger partial charge is 0.376 e. The molecule has 0 heterocycles. The van der Waals surface area contributed by atoms with Gasteiger partial charge in [-0.05, 0) is 49.4 Å². The van der Waals surface area contributed by atoms with E-state index in [-0.39, 0.29) is 24.3 Å². The Morgan fingerprint density at radius 2 is 1.62 bits per heavy atom. The van der Waals surface area contributed by atoms with Crippen LogP contribution in [0.2, 0.25) is 0 Å². The first-order valence-electron chi connectivity index (χ1n) is 8.27. The van der Waals surface area contributed by atoms with Gasteiger partial charge in [-0.2, -0.15) is 0 Å². The van der Waals surface area contributed by atoms with Gasteiger partial charge in [0.2, 0.25) is 5.91 Å². The highest BCUT2D eigenvalue weighted by Crippen LogP contribution is 2.12. The summed E-state index contributed by atoms with van der Waals surface area (Å²) in [5.74, 6) is -0.592. The van der Waals surface area contributed by atoms with Crippen molar-refractivity contribution in [3.8, 4) is 0 Å². The first-order chi connectivity index (χ1) is 12.5. The molecule has 2 rings (SSSR count). The van der Waals surface area contributed by atoms with Crippen molar-refractivity contribution in [2.45, 2.75) is 6.92 Å². The maximum absolute atomic E-state index is 12.1. The number of amides is 3. The molecule has 0 aromatic heterocycles. The van der Waals surface area contributed by atoms with Crippen molar-refractivity contribution >= 4 is 29.1 Å². The highest BCUT2D eigenvalue weighted by Gasteiger charge is 2.07. The minimum atomic E-state index is -0.244. The van der Waals surface area contributed by atoms with Crippen molar-refractivity contribution in [1.82, 2.24) is 10.6 Å². The fourth-order valence-corrected chi connectivity index (χ4v) is 2.27. The van der Waals surface area contributed by atoms with Gasteiger partial charge in [0.25, 0.3) is 11.8 Å². The van der Waals surface area contributed by atoms with Crippen LogP contribution in [-0.2, 0) is 4.79 Å². The predicted octanol–water partition coefficient (Wildman–Crippen LogP) is 1.85. The molecule has 0 fully saturated rings. The van der Waals surface area contributed by atoms with Gasteiger partial charge < -0.3 is 21.3 Å². The molecule has 0 atom stereocenters. The van der Waals surface area contributed by atoms with Crippen molar-refractivity contribution in [1.29, 1.82) is 0 Å². The van der Waals surface area contributed by atoms with E-state index in [1.165, 1.54) is 0 Å². The van der Waals surface area contributed by atoms with Crippen LogP contribution in [0.3, 0.4) is 0 Å². The first kappa shape index (κ1) is 19.0. The molecule has 0 saturated heterocycles. The number of carbonyl (C=O) groups is 3. The van der Waals surface area contributed by atoms with Crippen molar-refractivity contribution in [3.63, 3.8) is 0 Å². The van der Waals surface area contributed by atoms with E-state index in [2.05, 4.69) is 21.3 Å². The van der Waals surface area contributed by atoms with E-state index >= 15 is 0 Å². The van der Waals surface area contributed by atoms with Gasteiger partial charge in [0.1, 0.15) is 0 Å². The van der Waals surface area contributed by atoms with Crippen LogP contribution in [0.4, 0.5) is 11.4 Å². The molecule has 0 bridgehead atoms. The second-order valence-electron chi connectivity index (χ2n) is 5.50. The quantitative estimate of drug-likeness (QED) is 0.610. The number of hydrogen-bond acceptors (Lipinski definition) is 4. The maximum atomic E-state index is 12.1. The molecule has 3 amide bonds. The molecular formula is C19H22N4O3. The summed E-state index contributed by atoms with van der Waals surface area (Å²) in [7, 11) is 1.55. The van der Waals surface area contributed by atoms with Gasteiger partial charge in [-0.3, -0.25) is 14.4 Å². The zero-order chi connectivity index (χ0) is 18.9. The second-order valence-corrected chi connectivity index (χ2v) is 5.50. The summed E-state index contributed by atoms with van der Waals surface area (Å²) < 4.78 is 0. The third-order valence-corrected chi connectivity index (χ3v) is 3.57. The molecule has 0 saturated carbocycles. The van der Waals surface area contributed by atoms with Gasteiger partial charge in [0.05, 0.1) is 6.54 Å². The molecule has 136 valence electrons. The normalized spacial score (nSPS) is 9.92. The zero-order valence-electron chi connectivity index (χ0n) is 14.8. The number of rotatable bonds is 7. The molecule has 7 nitrogen and oxygen atoms in total. The maximum Gasteiger partial charge on any atom is 0.251 e. The Morgan fingerprint density at radius 1 is 0.885 bits per heavy atom. The van der Waals surface area contributed by atoms with Gasteiger partial charge in [0, 0.05) is 36.1 Å². The summed E-state index contributed by atoms with van der Waals surface area (Å²) in [6, 6.07) is 13.6. The molecule has 2 aromatic rings. The number of benzene rings is 2. The highest BCUT2D eigenvalue weighted by molar-refractivity contribution is 5.98. The Morgan fingerprint density at radius 3 is 2.27 bits per heavy atom. The molecule has 0 unspecified atom stereocenters. The Labute approximate surface area is 152 Å². The SMILES string of the molecule is CCNC(=O)c1ccc(NCC(=O)Nc2cccc(C(=O)NC)c2)cc1. The lowest BCUT2D eigenvalue weighted by atomic mass is 10.2. The van der Waals surface area contributed by atoms with E-state index in [1.54, 1.807) is 55.6 Å². The Bertz CT molecular complexity index is 788. The first-order valence-corrected chi connectivity index (χ1v) is 8.27. The molecule has 2 aromatic carbocycles. The summed E-state index contributed by atoms with van der Waals surface area (Å²) >= 11 is 0. The van der Waals surface area contributed by atoms with Crippen molar-refractivity contribution in [2.24, 2.45) is 0 Å². The monoisotopic (exact) mass is 354 g/mol. The molecule has 26 heavy (non-hydrogen) atoms. The summed E-state index contributed by atoms with van der Waals surface area (Å²) in [4.78, 5) is 35.4. The van der Waals surface area contributed by atoms with Crippen LogP contribution in [0.5, 0.6) is 0 Å². The average Bonchev–Trinajstić information content (AvgIpc) is 2.66. The lowest BCUT2D eigenvalue weighted by Crippen LogP contribution is -2.23. The standard InChI is InChI=1S/C19H22N4O3/c1-3-21-19(26)13-7-9-15(10-8-13)22-12-17(24)23-16-6-4-5-14(11-16)18(25)20-2/h4-11,22H,3,12H2,1-2H3,(H,20,25)(H,21,26)(H,23,24). The van der Waals surface area contributed by atoms with E-state index in [1.807, 2.05) is 6.92 Å². The van der Waals surface area contributed by atoms with Crippen LogP contribution >= 0.6 is 0 Å². The Balaban J connectivity index is 1.89. The topological polar surface area (TPSA) is 99.3 Å². The number of carbonyl (C=O) groups excluding carboxylic acids is 3. The Kier molecular flexibility index (Phi) is 6.73. The van der Waals surface area contributed by atoms with Crippen LogP contribution in [0.1, 0.15) is 27.6 Å². The molecule has 7 heteroatoms. The van der Waals surface area contributed by atoms with E-state index < -0.39 is 0 Å². The lowest BCUT2D eigenvalue weighted by Gasteiger charge is -2.09. The fraction of sp³-hybridized carbons (Fsp3) is 0.211. The molecule has 0 aliphatic carbocycles. The highest BCUT2D eigenvalue weighted by atomic mass is 16.2. The van der Waals surface area contributed by atoms with Gasteiger partial charge in [-0.1, -0.05) is 6.07 Å². The minimum Gasteiger partial charge on any atom is -0.376 e. The molecule has 0 aliphatic heterocycles. The Hall–Kier alpha value is -3.35. The lowest BCUT2D eigenvalue weighted by molar-refractivity contribution is -0.114.